The molecule has 2 aromatic rings. The smallest absolute Gasteiger partial charge is 0.258 e. The second-order valence-corrected chi connectivity index (χ2v) is 9.30. The molecule has 2 N–H and O–H groups in total. The molecule has 0 saturated carbocycles. The summed E-state index contributed by atoms with van der Waals surface area (Å²) in [7, 11) is 0. The van der Waals surface area contributed by atoms with Crippen molar-refractivity contribution >= 4 is 17.3 Å². The Morgan fingerprint density at radius 2 is 1.75 bits per heavy atom. The second-order valence-electron chi connectivity index (χ2n) is 9.30. The molecular weight excluding hydrogens is 449 g/mol. The first-order valence-corrected chi connectivity index (χ1v) is 14.1. The van der Waals surface area contributed by atoms with Crippen LogP contribution in [0.15, 0.2) is 36.4 Å². The number of carbonyl (C=O) groups excluding carboxylic acids is 1. The number of nitrogens with zero attached hydrogens (tertiary/aromatic N) is 2. The zero-order chi connectivity index (χ0) is 27.3. The Kier molecular flexibility index (Phi) is 14.4. The van der Waals surface area contributed by atoms with Gasteiger partial charge in [0, 0.05) is 36.9 Å². The summed E-state index contributed by atoms with van der Waals surface area (Å²) >= 11 is 0. The number of aryl methyl sites for hydroxylation is 1. The third-order valence-electron chi connectivity index (χ3n) is 6.53. The summed E-state index contributed by atoms with van der Waals surface area (Å²) in [6, 6.07) is 11.6. The normalized spacial score (nSPS) is 17.1. The lowest BCUT2D eigenvalue weighted by atomic mass is 9.96. The fourth-order valence-electron chi connectivity index (χ4n) is 4.51. The zero-order valence-electron chi connectivity index (χ0n) is 24.0. The van der Waals surface area contributed by atoms with Crippen molar-refractivity contribution in [2.75, 3.05) is 29.4 Å². The first-order valence-electron chi connectivity index (χ1n) is 14.1. The van der Waals surface area contributed by atoms with Gasteiger partial charge in [0.2, 0.25) is 0 Å². The zero-order valence-corrected chi connectivity index (χ0v) is 24.0. The predicted molar refractivity (Wildman–Crippen MR) is 155 cm³/mol. The lowest BCUT2D eigenvalue weighted by Gasteiger charge is -2.29. The van der Waals surface area contributed by atoms with Gasteiger partial charge < -0.3 is 15.5 Å². The van der Waals surface area contributed by atoms with Crippen molar-refractivity contribution in [2.24, 2.45) is 11.7 Å². The molecule has 2 aromatic carbocycles. The molecule has 0 spiro atoms. The fraction of sp³-hybridized carbons (Fsp3) is 0.581. The Bertz CT molecular complexity index is 930. The number of rotatable bonds is 5. The van der Waals surface area contributed by atoms with Crippen LogP contribution in [0.1, 0.15) is 95.6 Å². The molecular formula is C31H50FN3O. The van der Waals surface area contributed by atoms with E-state index < -0.39 is 0 Å². The molecule has 0 aliphatic carbocycles. The minimum atomic E-state index is -0.242. The van der Waals surface area contributed by atoms with Crippen LogP contribution in [0, 0.1) is 18.7 Å². The monoisotopic (exact) mass is 499 g/mol. The Balaban J connectivity index is 0.000000506. The van der Waals surface area contributed by atoms with Gasteiger partial charge in [-0.1, -0.05) is 72.6 Å². The minimum absolute atomic E-state index is 0.0387. The Morgan fingerprint density at radius 3 is 2.28 bits per heavy atom. The summed E-state index contributed by atoms with van der Waals surface area (Å²) in [5.74, 6) is 0.319. The van der Waals surface area contributed by atoms with Crippen LogP contribution >= 0.6 is 0 Å². The highest BCUT2D eigenvalue weighted by Crippen LogP contribution is 2.31. The number of hydrogen-bond donors (Lipinski definition) is 1. The number of hydrogen-bond acceptors (Lipinski definition) is 3. The molecule has 2 heterocycles. The van der Waals surface area contributed by atoms with Crippen molar-refractivity contribution in [3.8, 4) is 0 Å². The number of amides is 1. The van der Waals surface area contributed by atoms with Crippen molar-refractivity contribution < 1.29 is 9.18 Å². The molecule has 4 rings (SSSR count). The standard InChI is InChI=1S/C21H23FN2O.C6H15N.2C2H6/c1-14-3-5-18-16(11-14)8-10-24(21(18)25)17-4-6-20(19(22)12-17)23-9-7-15(2)13-23;1-3-5-6(7)4-2;2*1-2/h3-6,11-12,15H,7-10,13H2,1-2H3;6H,3-5,7H2,1-2H3;2*1-2H3. The molecule has 0 bridgehead atoms. The van der Waals surface area contributed by atoms with Crippen LogP contribution in [0.4, 0.5) is 15.8 Å². The minimum Gasteiger partial charge on any atom is -0.369 e. The molecule has 36 heavy (non-hydrogen) atoms. The number of halogens is 1. The van der Waals surface area contributed by atoms with E-state index >= 15 is 0 Å². The average Bonchev–Trinajstić information content (AvgIpc) is 3.33. The van der Waals surface area contributed by atoms with Crippen molar-refractivity contribution in [2.45, 2.75) is 93.5 Å². The molecule has 1 amide bonds. The number of anilines is 2. The van der Waals surface area contributed by atoms with E-state index in [1.54, 1.807) is 4.90 Å². The maximum absolute atomic E-state index is 14.7. The summed E-state index contributed by atoms with van der Waals surface area (Å²) in [6.45, 7) is 18.9. The third-order valence-corrected chi connectivity index (χ3v) is 6.53. The molecule has 2 aliphatic rings. The summed E-state index contributed by atoms with van der Waals surface area (Å²) in [6.07, 6.45) is 5.41. The van der Waals surface area contributed by atoms with Gasteiger partial charge in [0.25, 0.3) is 5.91 Å². The highest BCUT2D eigenvalue weighted by atomic mass is 19.1. The van der Waals surface area contributed by atoms with Crippen molar-refractivity contribution in [3.05, 3.63) is 58.9 Å². The summed E-state index contributed by atoms with van der Waals surface area (Å²) < 4.78 is 14.7. The molecule has 1 fully saturated rings. The number of benzene rings is 2. The van der Waals surface area contributed by atoms with Crippen LogP contribution in [0.5, 0.6) is 0 Å². The number of fused-ring (bicyclic) bond motifs is 1. The summed E-state index contributed by atoms with van der Waals surface area (Å²) in [4.78, 5) is 16.6. The van der Waals surface area contributed by atoms with Crippen LogP contribution in [0.25, 0.3) is 0 Å². The van der Waals surface area contributed by atoms with E-state index in [1.165, 1.54) is 18.9 Å². The molecule has 5 heteroatoms. The van der Waals surface area contributed by atoms with E-state index in [9.17, 15) is 9.18 Å². The number of carbonyl (C=O) groups is 1. The van der Waals surface area contributed by atoms with Gasteiger partial charge in [-0.15, -0.1) is 0 Å². The van der Waals surface area contributed by atoms with Gasteiger partial charge in [0.1, 0.15) is 5.82 Å². The van der Waals surface area contributed by atoms with Gasteiger partial charge in [-0.05, 0) is 68.4 Å². The number of nitrogens with two attached hydrogens (primary N) is 1. The van der Waals surface area contributed by atoms with Gasteiger partial charge >= 0.3 is 0 Å². The van der Waals surface area contributed by atoms with E-state index in [4.69, 9.17) is 5.73 Å². The Hall–Kier alpha value is -2.40. The molecule has 4 nitrogen and oxygen atoms in total. The van der Waals surface area contributed by atoms with Crippen LogP contribution < -0.4 is 15.5 Å². The first kappa shape index (κ1) is 31.6. The van der Waals surface area contributed by atoms with Crippen LogP contribution in [-0.2, 0) is 6.42 Å². The average molecular weight is 500 g/mol. The lowest BCUT2D eigenvalue weighted by molar-refractivity contribution is 0.0980. The van der Waals surface area contributed by atoms with E-state index in [0.717, 1.165) is 49.0 Å². The van der Waals surface area contributed by atoms with Gasteiger partial charge in [-0.2, -0.15) is 0 Å². The summed E-state index contributed by atoms with van der Waals surface area (Å²) in [5.41, 5.74) is 9.85. The van der Waals surface area contributed by atoms with Gasteiger partial charge in [0.15, 0.2) is 0 Å². The maximum atomic E-state index is 14.7. The van der Waals surface area contributed by atoms with Gasteiger partial charge in [-0.25, -0.2) is 4.39 Å². The van der Waals surface area contributed by atoms with Crippen molar-refractivity contribution in [1.82, 2.24) is 0 Å². The van der Waals surface area contributed by atoms with Crippen LogP contribution in [0.2, 0.25) is 0 Å². The Morgan fingerprint density at radius 1 is 1.06 bits per heavy atom. The molecule has 202 valence electrons. The van der Waals surface area contributed by atoms with Crippen LogP contribution in [0.3, 0.4) is 0 Å². The highest BCUT2D eigenvalue weighted by molar-refractivity contribution is 6.08. The van der Waals surface area contributed by atoms with E-state index in [0.29, 0.717) is 29.9 Å². The molecule has 2 unspecified atom stereocenters. The highest BCUT2D eigenvalue weighted by Gasteiger charge is 2.27. The topological polar surface area (TPSA) is 49.6 Å². The molecule has 1 saturated heterocycles. The second kappa shape index (κ2) is 16.4. The summed E-state index contributed by atoms with van der Waals surface area (Å²) in [5, 5.41) is 0. The SMILES string of the molecule is CC.CC.CCCC(N)CC.Cc1ccc2c(c1)CCN(c1ccc(N3CCC(C)C3)c(F)c1)C2=O. The van der Waals surface area contributed by atoms with Crippen LogP contribution in [-0.4, -0.2) is 31.6 Å². The van der Waals surface area contributed by atoms with E-state index in [1.807, 2.05) is 58.9 Å². The molecule has 2 atom stereocenters. The Labute approximate surface area is 220 Å². The quantitative estimate of drug-likeness (QED) is 0.457. The molecule has 0 radical (unpaired) electrons. The first-order chi connectivity index (χ1) is 17.3. The van der Waals surface area contributed by atoms with E-state index in [2.05, 4.69) is 31.7 Å². The predicted octanol–water partition coefficient (Wildman–Crippen LogP) is 7.76. The van der Waals surface area contributed by atoms with Crippen molar-refractivity contribution in [3.63, 3.8) is 0 Å². The molecule has 0 aromatic heterocycles. The fourth-order valence-corrected chi connectivity index (χ4v) is 4.51. The third kappa shape index (κ3) is 8.62. The maximum Gasteiger partial charge on any atom is 0.258 e. The van der Waals surface area contributed by atoms with Gasteiger partial charge in [-0.3, -0.25) is 4.79 Å². The lowest BCUT2D eigenvalue weighted by Crippen LogP contribution is -2.37. The van der Waals surface area contributed by atoms with E-state index in [-0.39, 0.29) is 11.7 Å². The van der Waals surface area contributed by atoms with Gasteiger partial charge in [0.05, 0.1) is 5.69 Å². The largest absolute Gasteiger partial charge is 0.369 e. The van der Waals surface area contributed by atoms with Crippen molar-refractivity contribution in [1.29, 1.82) is 0 Å². The molecule has 2 aliphatic heterocycles.